The van der Waals surface area contributed by atoms with Crippen LogP contribution in [-0.4, -0.2) is 50.0 Å². The molecule has 194 valence electrons. The van der Waals surface area contributed by atoms with Gasteiger partial charge in [-0.25, -0.2) is 0 Å². The highest BCUT2D eigenvalue weighted by Gasteiger charge is 2.46. The second-order valence-electron chi connectivity index (χ2n) is 10.7. The first-order valence-corrected chi connectivity index (χ1v) is 13.6. The summed E-state index contributed by atoms with van der Waals surface area (Å²) in [4.78, 5) is 10.1. The maximum Gasteiger partial charge on any atom is 0.217 e. The van der Waals surface area contributed by atoms with E-state index in [9.17, 15) is 0 Å². The molecule has 3 aliphatic rings. The first kappa shape index (κ1) is 24.1. The lowest BCUT2D eigenvalue weighted by atomic mass is 9.92. The van der Waals surface area contributed by atoms with Gasteiger partial charge in [-0.3, -0.25) is 0 Å². The molecule has 3 fully saturated rings. The molecule has 0 spiro atoms. The molecule has 2 aliphatic heterocycles. The van der Waals surface area contributed by atoms with Crippen LogP contribution in [0.25, 0.3) is 0 Å². The first-order valence-electron chi connectivity index (χ1n) is 13.6. The van der Waals surface area contributed by atoms with Crippen molar-refractivity contribution in [1.29, 1.82) is 0 Å². The lowest BCUT2D eigenvalue weighted by Crippen LogP contribution is -2.43. The number of ether oxygens (including phenoxy) is 3. The van der Waals surface area contributed by atoms with Crippen molar-refractivity contribution in [3.05, 3.63) is 77.9 Å². The van der Waals surface area contributed by atoms with Crippen LogP contribution in [0.4, 0.5) is 11.5 Å². The summed E-state index contributed by atoms with van der Waals surface area (Å²) in [5, 5.41) is 0. The van der Waals surface area contributed by atoms with E-state index >= 15 is 0 Å². The van der Waals surface area contributed by atoms with E-state index in [0.29, 0.717) is 24.6 Å². The molecular formula is C31H37N3O3. The van der Waals surface area contributed by atoms with Gasteiger partial charge in [0.05, 0.1) is 19.8 Å². The summed E-state index contributed by atoms with van der Waals surface area (Å²) in [5.74, 6) is 3.31. The average molecular weight is 500 g/mol. The fraction of sp³-hybridized carbons (Fsp3) is 0.452. The van der Waals surface area contributed by atoms with Crippen molar-refractivity contribution in [3.63, 3.8) is 0 Å². The molecule has 1 aromatic heterocycles. The van der Waals surface area contributed by atoms with Crippen molar-refractivity contribution in [1.82, 2.24) is 4.98 Å². The number of morpholine rings is 1. The molecule has 4 atom stereocenters. The van der Waals surface area contributed by atoms with Gasteiger partial charge in [0.2, 0.25) is 5.88 Å². The number of piperidine rings is 1. The SMILES string of the molecule is COc1ccc(COc2cc(N3CCO[C@H](C)C3)cc(N3[C@@H]4CC[C@@H](C4)[C@@H]3Cc3ccccc3)n2)cc1. The molecule has 0 N–H and O–H groups in total. The third kappa shape index (κ3) is 5.26. The Bertz CT molecular complexity index is 1190. The number of fused-ring (bicyclic) bond motifs is 2. The van der Waals surface area contributed by atoms with Crippen LogP contribution in [0.2, 0.25) is 0 Å². The smallest absolute Gasteiger partial charge is 0.217 e. The normalized spacial score (nSPS) is 24.9. The highest BCUT2D eigenvalue weighted by atomic mass is 16.5. The van der Waals surface area contributed by atoms with Gasteiger partial charge in [0.15, 0.2) is 0 Å². The maximum absolute atomic E-state index is 6.32. The zero-order valence-corrected chi connectivity index (χ0v) is 21.9. The molecule has 37 heavy (non-hydrogen) atoms. The number of rotatable bonds is 8. The lowest BCUT2D eigenvalue weighted by Gasteiger charge is -2.38. The van der Waals surface area contributed by atoms with Crippen LogP contribution >= 0.6 is 0 Å². The second-order valence-corrected chi connectivity index (χ2v) is 10.7. The van der Waals surface area contributed by atoms with Crippen LogP contribution in [0.15, 0.2) is 66.7 Å². The van der Waals surface area contributed by atoms with Crippen LogP contribution in [0.3, 0.4) is 0 Å². The molecule has 2 aromatic carbocycles. The largest absolute Gasteiger partial charge is 0.497 e. The fourth-order valence-corrected chi connectivity index (χ4v) is 6.37. The average Bonchev–Trinajstić information content (AvgIpc) is 3.55. The molecular weight excluding hydrogens is 462 g/mol. The fourth-order valence-electron chi connectivity index (χ4n) is 6.37. The number of methoxy groups -OCH3 is 1. The maximum atomic E-state index is 6.32. The summed E-state index contributed by atoms with van der Waals surface area (Å²) in [6.45, 7) is 5.11. The predicted molar refractivity (Wildman–Crippen MR) is 147 cm³/mol. The number of pyridine rings is 1. The number of nitrogens with zero attached hydrogens (tertiary/aromatic N) is 3. The van der Waals surface area contributed by atoms with E-state index in [4.69, 9.17) is 19.2 Å². The molecule has 1 aliphatic carbocycles. The summed E-state index contributed by atoms with van der Waals surface area (Å²) >= 11 is 0. The molecule has 0 radical (unpaired) electrons. The molecule has 2 saturated heterocycles. The van der Waals surface area contributed by atoms with E-state index in [0.717, 1.165) is 49.2 Å². The summed E-state index contributed by atoms with van der Waals surface area (Å²) < 4.78 is 17.4. The second kappa shape index (κ2) is 10.6. The minimum absolute atomic E-state index is 0.211. The van der Waals surface area contributed by atoms with Crippen molar-refractivity contribution < 1.29 is 14.2 Å². The number of hydrogen-bond donors (Lipinski definition) is 0. The molecule has 6 nitrogen and oxygen atoms in total. The van der Waals surface area contributed by atoms with Gasteiger partial charge in [-0.1, -0.05) is 42.5 Å². The number of benzene rings is 2. The number of anilines is 2. The summed E-state index contributed by atoms with van der Waals surface area (Å²) in [6, 6.07) is 24.4. The zero-order valence-electron chi connectivity index (χ0n) is 21.9. The Hall–Kier alpha value is -3.25. The van der Waals surface area contributed by atoms with Gasteiger partial charge in [0.25, 0.3) is 0 Å². The zero-order chi connectivity index (χ0) is 25.2. The van der Waals surface area contributed by atoms with Crippen LogP contribution in [-0.2, 0) is 17.8 Å². The lowest BCUT2D eigenvalue weighted by molar-refractivity contribution is 0.0532. The van der Waals surface area contributed by atoms with Crippen molar-refractivity contribution >= 4 is 11.5 Å². The Morgan fingerprint density at radius 3 is 2.62 bits per heavy atom. The Balaban J connectivity index is 1.30. The quantitative estimate of drug-likeness (QED) is 0.408. The number of hydrogen-bond acceptors (Lipinski definition) is 6. The highest BCUT2D eigenvalue weighted by molar-refractivity contribution is 5.60. The topological polar surface area (TPSA) is 47.1 Å². The van der Waals surface area contributed by atoms with Crippen molar-refractivity contribution in [2.24, 2.45) is 5.92 Å². The van der Waals surface area contributed by atoms with E-state index in [-0.39, 0.29) is 6.10 Å². The molecule has 3 heterocycles. The van der Waals surface area contributed by atoms with Crippen molar-refractivity contribution in [2.75, 3.05) is 36.6 Å². The van der Waals surface area contributed by atoms with E-state index in [1.807, 2.05) is 24.3 Å². The Morgan fingerprint density at radius 1 is 1.00 bits per heavy atom. The Labute approximate surface area is 220 Å². The molecule has 0 amide bonds. The van der Waals surface area contributed by atoms with E-state index in [1.54, 1.807) is 7.11 Å². The third-order valence-electron chi connectivity index (χ3n) is 8.22. The first-order chi connectivity index (χ1) is 18.2. The summed E-state index contributed by atoms with van der Waals surface area (Å²) in [5.41, 5.74) is 3.67. The monoisotopic (exact) mass is 499 g/mol. The highest BCUT2D eigenvalue weighted by Crippen LogP contribution is 2.46. The van der Waals surface area contributed by atoms with Gasteiger partial charge in [-0.15, -0.1) is 0 Å². The summed E-state index contributed by atoms with van der Waals surface area (Å²) in [6.07, 6.45) is 5.10. The predicted octanol–water partition coefficient (Wildman–Crippen LogP) is 5.49. The standard InChI is InChI=1S/C31H37N3O3/c1-22-20-33(14-15-36-22)27-18-30(32-31(19-27)37-21-24-8-12-28(35-2)13-9-24)34-26-11-10-25(17-26)29(34)16-23-6-4-3-5-7-23/h3-9,12-13,18-19,22,25-26,29H,10-11,14-17,20-21H2,1-2H3/t22-,25+,26-,29+/m1/s1. The molecule has 2 bridgehead atoms. The van der Waals surface area contributed by atoms with Gasteiger partial charge in [-0.05, 0) is 61.8 Å². The summed E-state index contributed by atoms with van der Waals surface area (Å²) in [7, 11) is 1.69. The van der Waals surface area contributed by atoms with Crippen LogP contribution < -0.4 is 19.3 Å². The number of aromatic nitrogens is 1. The van der Waals surface area contributed by atoms with E-state index in [2.05, 4.69) is 59.2 Å². The van der Waals surface area contributed by atoms with Gasteiger partial charge in [0.1, 0.15) is 18.2 Å². The van der Waals surface area contributed by atoms with Gasteiger partial charge in [0, 0.05) is 43.0 Å². The Kier molecular flexibility index (Phi) is 6.92. The third-order valence-corrected chi connectivity index (χ3v) is 8.22. The minimum Gasteiger partial charge on any atom is -0.497 e. The van der Waals surface area contributed by atoms with Gasteiger partial charge < -0.3 is 24.0 Å². The van der Waals surface area contributed by atoms with Crippen molar-refractivity contribution in [3.8, 4) is 11.6 Å². The van der Waals surface area contributed by atoms with E-state index in [1.165, 1.54) is 30.5 Å². The van der Waals surface area contributed by atoms with Gasteiger partial charge >= 0.3 is 0 Å². The van der Waals surface area contributed by atoms with Crippen LogP contribution in [0.1, 0.15) is 37.3 Å². The van der Waals surface area contributed by atoms with Crippen LogP contribution in [0, 0.1) is 5.92 Å². The van der Waals surface area contributed by atoms with Crippen molar-refractivity contribution in [2.45, 2.75) is 57.4 Å². The molecule has 6 rings (SSSR count). The van der Waals surface area contributed by atoms with Crippen LogP contribution in [0.5, 0.6) is 11.6 Å². The molecule has 0 unspecified atom stereocenters. The molecule has 1 saturated carbocycles. The van der Waals surface area contributed by atoms with E-state index < -0.39 is 0 Å². The Morgan fingerprint density at radius 2 is 1.84 bits per heavy atom. The minimum atomic E-state index is 0.211. The van der Waals surface area contributed by atoms with Gasteiger partial charge in [-0.2, -0.15) is 4.98 Å². The molecule has 3 aromatic rings. The molecule has 6 heteroatoms.